The molecule has 2 aromatic heterocycles. The minimum atomic E-state index is -0.596. The summed E-state index contributed by atoms with van der Waals surface area (Å²) < 4.78 is 1.38. The number of carbonyl (C=O) groups excluding carboxylic acids is 1. The van der Waals surface area contributed by atoms with Crippen LogP contribution in [0.3, 0.4) is 0 Å². The van der Waals surface area contributed by atoms with E-state index < -0.39 is 11.2 Å². The summed E-state index contributed by atoms with van der Waals surface area (Å²) in [6, 6.07) is 11.7. The molecule has 0 aliphatic carbocycles. The van der Waals surface area contributed by atoms with Crippen molar-refractivity contribution in [2.45, 2.75) is 39.7 Å². The molecule has 31 heavy (non-hydrogen) atoms. The second-order valence-electron chi connectivity index (χ2n) is 7.82. The smallest absolute Gasteiger partial charge is 0.329 e. The molecule has 1 amide bonds. The predicted octanol–water partition coefficient (Wildman–Crippen LogP) is 2.48. The van der Waals surface area contributed by atoms with Crippen LogP contribution in [-0.2, 0) is 6.54 Å². The number of H-pyrrole nitrogens is 1. The quantitative estimate of drug-likeness (QED) is 0.542. The normalized spacial score (nSPS) is 11.1. The highest BCUT2D eigenvalue weighted by Gasteiger charge is 2.20. The number of aromatic amines is 1. The molecule has 0 aliphatic heterocycles. The van der Waals surface area contributed by atoms with E-state index in [9.17, 15) is 14.4 Å². The van der Waals surface area contributed by atoms with Gasteiger partial charge in [-0.05, 0) is 37.5 Å². The first kappa shape index (κ1) is 22.3. The zero-order chi connectivity index (χ0) is 22.5. The van der Waals surface area contributed by atoms with Crippen LogP contribution in [0.2, 0.25) is 0 Å². The Morgan fingerprint density at radius 1 is 1.23 bits per heavy atom. The number of hydrogen-bond donors (Lipinski definition) is 2. The van der Waals surface area contributed by atoms with Gasteiger partial charge < -0.3 is 10.2 Å². The number of aromatic nitrogens is 3. The number of anilines is 1. The van der Waals surface area contributed by atoms with Crippen LogP contribution in [-0.4, -0.2) is 40.6 Å². The number of para-hydroxylation sites is 1. The van der Waals surface area contributed by atoms with Gasteiger partial charge in [-0.3, -0.25) is 19.1 Å². The van der Waals surface area contributed by atoms with Crippen LogP contribution >= 0.6 is 0 Å². The third-order valence-corrected chi connectivity index (χ3v) is 5.27. The van der Waals surface area contributed by atoms with Crippen molar-refractivity contribution >= 4 is 22.6 Å². The van der Waals surface area contributed by atoms with Gasteiger partial charge in [0.15, 0.2) is 5.65 Å². The van der Waals surface area contributed by atoms with Gasteiger partial charge in [0, 0.05) is 38.1 Å². The number of hydrogen-bond acceptors (Lipinski definition) is 5. The summed E-state index contributed by atoms with van der Waals surface area (Å²) >= 11 is 0. The Labute approximate surface area is 180 Å². The lowest BCUT2D eigenvalue weighted by Crippen LogP contribution is -2.34. The van der Waals surface area contributed by atoms with Crippen molar-refractivity contribution in [1.82, 2.24) is 19.9 Å². The van der Waals surface area contributed by atoms with E-state index in [4.69, 9.17) is 0 Å². The van der Waals surface area contributed by atoms with Gasteiger partial charge in [-0.15, -0.1) is 0 Å². The van der Waals surface area contributed by atoms with Gasteiger partial charge >= 0.3 is 5.69 Å². The van der Waals surface area contributed by atoms with Crippen molar-refractivity contribution in [3.05, 3.63) is 68.5 Å². The Hall–Kier alpha value is -3.42. The molecule has 0 atom stereocenters. The molecule has 0 unspecified atom stereocenters. The van der Waals surface area contributed by atoms with Crippen molar-refractivity contribution in [2.24, 2.45) is 0 Å². The van der Waals surface area contributed by atoms with E-state index in [-0.39, 0.29) is 28.4 Å². The van der Waals surface area contributed by atoms with E-state index in [1.807, 2.05) is 51.2 Å². The lowest BCUT2D eigenvalue weighted by atomic mass is 10.0. The molecule has 0 radical (unpaired) electrons. The van der Waals surface area contributed by atoms with Gasteiger partial charge in [-0.25, -0.2) is 9.78 Å². The first-order valence-electron chi connectivity index (χ1n) is 10.6. The highest BCUT2D eigenvalue weighted by atomic mass is 16.2. The number of nitrogens with zero attached hydrogens (tertiary/aromatic N) is 3. The Bertz CT molecular complexity index is 1180. The average Bonchev–Trinajstić information content (AvgIpc) is 2.76. The maximum Gasteiger partial charge on any atom is 0.329 e. The van der Waals surface area contributed by atoms with Gasteiger partial charge in [-0.1, -0.05) is 32.0 Å². The number of amides is 1. The lowest BCUT2D eigenvalue weighted by molar-refractivity contribution is 0.0954. The first-order valence-corrected chi connectivity index (χ1v) is 10.6. The highest BCUT2D eigenvalue weighted by Crippen LogP contribution is 2.19. The van der Waals surface area contributed by atoms with E-state index in [0.29, 0.717) is 18.8 Å². The van der Waals surface area contributed by atoms with E-state index in [1.54, 1.807) is 13.0 Å². The van der Waals surface area contributed by atoms with Gasteiger partial charge in [0.05, 0.1) is 10.9 Å². The summed E-state index contributed by atoms with van der Waals surface area (Å²) in [5.41, 5.74) is 1.14. The summed E-state index contributed by atoms with van der Waals surface area (Å²) in [4.78, 5) is 46.7. The fourth-order valence-corrected chi connectivity index (χ4v) is 3.49. The summed E-state index contributed by atoms with van der Waals surface area (Å²) in [7, 11) is 2.01. The molecule has 2 heterocycles. The van der Waals surface area contributed by atoms with Crippen LogP contribution in [0.5, 0.6) is 0 Å². The van der Waals surface area contributed by atoms with Gasteiger partial charge in [0.25, 0.3) is 11.5 Å². The zero-order valence-electron chi connectivity index (χ0n) is 18.4. The fraction of sp³-hybridized carbons (Fsp3) is 0.391. The molecule has 0 spiro atoms. The molecule has 0 saturated carbocycles. The Kier molecular flexibility index (Phi) is 6.89. The van der Waals surface area contributed by atoms with Crippen molar-refractivity contribution < 1.29 is 4.79 Å². The topological polar surface area (TPSA) is 100 Å². The largest absolute Gasteiger partial charge is 0.375 e. The second kappa shape index (κ2) is 9.59. The van der Waals surface area contributed by atoms with Gasteiger partial charge in [-0.2, -0.15) is 0 Å². The standard InChI is InChI=1S/C23H29N5O3/c1-5-28-20-19(22(30)26-23(28)31)17(14-18(25-20)15(2)3)21(29)24-12-9-13-27(4)16-10-7-6-8-11-16/h6-8,10-11,14-15H,5,9,12-13H2,1-4H3,(H,24,29)(H,26,30,31). The summed E-state index contributed by atoms with van der Waals surface area (Å²) in [6.07, 6.45) is 0.743. The predicted molar refractivity (Wildman–Crippen MR) is 123 cm³/mol. The molecule has 1 aromatic carbocycles. The summed E-state index contributed by atoms with van der Waals surface area (Å²) in [5, 5.41) is 3.05. The van der Waals surface area contributed by atoms with E-state index >= 15 is 0 Å². The molecule has 0 aliphatic rings. The molecule has 2 N–H and O–H groups in total. The number of nitrogens with one attached hydrogen (secondary N) is 2. The zero-order valence-corrected chi connectivity index (χ0v) is 18.4. The third-order valence-electron chi connectivity index (χ3n) is 5.27. The van der Waals surface area contributed by atoms with Crippen LogP contribution in [0.25, 0.3) is 11.0 Å². The summed E-state index contributed by atoms with van der Waals surface area (Å²) in [6.45, 7) is 7.28. The molecule has 8 nitrogen and oxygen atoms in total. The molecule has 164 valence electrons. The molecule has 8 heteroatoms. The molecular formula is C23H29N5O3. The maximum absolute atomic E-state index is 13.0. The molecular weight excluding hydrogens is 394 g/mol. The Morgan fingerprint density at radius 2 is 1.94 bits per heavy atom. The van der Waals surface area contributed by atoms with Gasteiger partial charge in [0.1, 0.15) is 0 Å². The van der Waals surface area contributed by atoms with Crippen LogP contribution in [0, 0.1) is 0 Å². The van der Waals surface area contributed by atoms with Crippen molar-refractivity contribution in [3.8, 4) is 0 Å². The van der Waals surface area contributed by atoms with Crippen LogP contribution in [0.4, 0.5) is 5.69 Å². The van der Waals surface area contributed by atoms with Crippen LogP contribution in [0.1, 0.15) is 49.2 Å². The highest BCUT2D eigenvalue weighted by molar-refractivity contribution is 6.05. The maximum atomic E-state index is 13.0. The van der Waals surface area contributed by atoms with Crippen molar-refractivity contribution in [3.63, 3.8) is 0 Å². The van der Waals surface area contributed by atoms with E-state index in [0.717, 1.165) is 18.7 Å². The number of rotatable bonds is 8. The Balaban J connectivity index is 1.83. The Morgan fingerprint density at radius 3 is 2.58 bits per heavy atom. The van der Waals surface area contributed by atoms with Gasteiger partial charge in [0.2, 0.25) is 0 Å². The van der Waals surface area contributed by atoms with Crippen molar-refractivity contribution in [2.75, 3.05) is 25.0 Å². The third kappa shape index (κ3) is 4.84. The first-order chi connectivity index (χ1) is 14.8. The minimum absolute atomic E-state index is 0.0372. The van der Waals surface area contributed by atoms with E-state index in [2.05, 4.69) is 20.2 Å². The average molecular weight is 424 g/mol. The van der Waals surface area contributed by atoms with Crippen LogP contribution < -0.4 is 21.5 Å². The number of benzene rings is 1. The molecule has 3 aromatic rings. The SMILES string of the molecule is CCn1c(=O)[nH]c(=O)c2c(C(=O)NCCCN(C)c3ccccc3)cc(C(C)C)nc21. The number of carbonyl (C=O) groups is 1. The summed E-state index contributed by atoms with van der Waals surface area (Å²) in [5.74, 6) is -0.307. The second-order valence-corrected chi connectivity index (χ2v) is 7.82. The van der Waals surface area contributed by atoms with Crippen LogP contribution in [0.15, 0.2) is 46.0 Å². The fourth-order valence-electron chi connectivity index (χ4n) is 3.49. The molecule has 0 saturated heterocycles. The lowest BCUT2D eigenvalue weighted by Gasteiger charge is -2.19. The van der Waals surface area contributed by atoms with E-state index in [1.165, 1.54) is 4.57 Å². The molecule has 0 bridgehead atoms. The molecule has 3 rings (SSSR count). The monoisotopic (exact) mass is 423 g/mol. The number of fused-ring (bicyclic) bond motifs is 1. The minimum Gasteiger partial charge on any atom is -0.375 e. The molecule has 0 fully saturated rings. The number of aryl methyl sites for hydroxylation is 1. The number of pyridine rings is 1. The van der Waals surface area contributed by atoms with Crippen molar-refractivity contribution in [1.29, 1.82) is 0 Å².